The molecule has 0 saturated carbocycles. The zero-order valence-electron chi connectivity index (χ0n) is 14.3. The van der Waals surface area contributed by atoms with E-state index in [-0.39, 0.29) is 36.3 Å². The molecule has 0 aromatic carbocycles. The molecule has 23 heavy (non-hydrogen) atoms. The van der Waals surface area contributed by atoms with E-state index in [0.29, 0.717) is 25.4 Å². The SMILES string of the molecule is CC(C)CNC(=O)N1CCCC(CC(=O)NC2CCNC2)C1.Cl. The summed E-state index contributed by atoms with van der Waals surface area (Å²) >= 11 is 0. The molecule has 134 valence electrons. The van der Waals surface area contributed by atoms with Gasteiger partial charge in [-0.1, -0.05) is 13.8 Å². The van der Waals surface area contributed by atoms with Crippen LogP contribution in [-0.4, -0.2) is 55.6 Å². The van der Waals surface area contributed by atoms with Crippen LogP contribution in [0.25, 0.3) is 0 Å². The standard InChI is InChI=1S/C16H30N4O2.ClH/c1-12(2)9-18-16(22)20-7-3-4-13(11-20)8-15(21)19-14-5-6-17-10-14;/h12-14,17H,3-11H2,1-2H3,(H,18,22)(H,19,21);1H. The highest BCUT2D eigenvalue weighted by molar-refractivity contribution is 5.85. The highest BCUT2D eigenvalue weighted by Crippen LogP contribution is 2.20. The van der Waals surface area contributed by atoms with Crippen molar-refractivity contribution in [2.45, 2.75) is 45.6 Å². The third kappa shape index (κ3) is 6.96. The number of carbonyl (C=O) groups is 2. The van der Waals surface area contributed by atoms with Gasteiger partial charge in [0.05, 0.1) is 0 Å². The van der Waals surface area contributed by atoms with E-state index in [1.54, 1.807) is 0 Å². The minimum absolute atomic E-state index is 0. The van der Waals surface area contributed by atoms with Crippen molar-refractivity contribution in [2.24, 2.45) is 11.8 Å². The second-order valence-electron chi connectivity index (χ2n) is 7.00. The molecule has 0 bridgehead atoms. The Labute approximate surface area is 145 Å². The van der Waals surface area contributed by atoms with Crippen LogP contribution in [0.5, 0.6) is 0 Å². The zero-order chi connectivity index (χ0) is 15.9. The van der Waals surface area contributed by atoms with Gasteiger partial charge in [0.1, 0.15) is 0 Å². The Morgan fingerprint density at radius 2 is 2.09 bits per heavy atom. The van der Waals surface area contributed by atoms with Crippen molar-refractivity contribution >= 4 is 24.3 Å². The predicted octanol–water partition coefficient (Wildman–Crippen LogP) is 1.35. The maximum atomic E-state index is 12.1. The minimum atomic E-state index is 0. The van der Waals surface area contributed by atoms with Crippen LogP contribution in [0.1, 0.15) is 39.5 Å². The van der Waals surface area contributed by atoms with Crippen molar-refractivity contribution in [3.05, 3.63) is 0 Å². The fourth-order valence-corrected chi connectivity index (χ4v) is 3.15. The zero-order valence-corrected chi connectivity index (χ0v) is 15.1. The van der Waals surface area contributed by atoms with E-state index < -0.39 is 0 Å². The van der Waals surface area contributed by atoms with Gasteiger partial charge in [-0.3, -0.25) is 4.79 Å². The molecule has 2 aliphatic rings. The number of likely N-dealkylation sites (tertiary alicyclic amines) is 1. The summed E-state index contributed by atoms with van der Waals surface area (Å²) in [6, 6.07) is 0.292. The van der Waals surface area contributed by atoms with Crippen LogP contribution in [0.4, 0.5) is 4.79 Å². The molecule has 0 radical (unpaired) electrons. The first-order valence-corrected chi connectivity index (χ1v) is 8.57. The molecule has 0 aliphatic carbocycles. The molecule has 6 nitrogen and oxygen atoms in total. The van der Waals surface area contributed by atoms with E-state index in [9.17, 15) is 9.59 Å². The molecule has 0 spiro atoms. The van der Waals surface area contributed by atoms with Crippen LogP contribution in [0.2, 0.25) is 0 Å². The van der Waals surface area contributed by atoms with Gasteiger partial charge in [-0.05, 0) is 37.6 Å². The van der Waals surface area contributed by atoms with Crippen molar-refractivity contribution in [3.63, 3.8) is 0 Å². The summed E-state index contributed by atoms with van der Waals surface area (Å²) in [5.74, 6) is 0.867. The van der Waals surface area contributed by atoms with Gasteiger partial charge in [-0.25, -0.2) is 4.79 Å². The molecular weight excluding hydrogens is 316 g/mol. The van der Waals surface area contributed by atoms with Crippen LogP contribution in [0, 0.1) is 11.8 Å². The van der Waals surface area contributed by atoms with E-state index in [0.717, 1.165) is 38.9 Å². The Morgan fingerprint density at radius 1 is 1.30 bits per heavy atom. The smallest absolute Gasteiger partial charge is 0.317 e. The van der Waals surface area contributed by atoms with Crippen LogP contribution in [-0.2, 0) is 4.79 Å². The normalized spacial score (nSPS) is 24.2. The average molecular weight is 347 g/mol. The Kier molecular flexibility index (Phi) is 8.69. The van der Waals surface area contributed by atoms with E-state index in [4.69, 9.17) is 0 Å². The number of carbonyl (C=O) groups excluding carboxylic acids is 2. The van der Waals surface area contributed by atoms with E-state index >= 15 is 0 Å². The number of amides is 3. The molecule has 2 unspecified atom stereocenters. The molecule has 0 aromatic rings. The molecule has 7 heteroatoms. The summed E-state index contributed by atoms with van der Waals surface area (Å²) in [6.07, 6.45) is 3.56. The molecule has 2 heterocycles. The molecule has 2 saturated heterocycles. The summed E-state index contributed by atoms with van der Waals surface area (Å²) < 4.78 is 0. The summed E-state index contributed by atoms with van der Waals surface area (Å²) in [5.41, 5.74) is 0. The maximum Gasteiger partial charge on any atom is 0.317 e. The summed E-state index contributed by atoms with van der Waals surface area (Å²) in [4.78, 5) is 26.1. The maximum absolute atomic E-state index is 12.1. The van der Waals surface area contributed by atoms with Crippen molar-refractivity contribution in [2.75, 3.05) is 32.7 Å². The van der Waals surface area contributed by atoms with Gasteiger partial charge < -0.3 is 20.9 Å². The monoisotopic (exact) mass is 346 g/mol. The van der Waals surface area contributed by atoms with E-state index in [1.807, 2.05) is 4.90 Å². The fraction of sp³-hybridized carbons (Fsp3) is 0.875. The van der Waals surface area contributed by atoms with Gasteiger partial charge in [0, 0.05) is 38.6 Å². The van der Waals surface area contributed by atoms with Crippen LogP contribution < -0.4 is 16.0 Å². The average Bonchev–Trinajstić information content (AvgIpc) is 2.97. The number of hydrogen-bond donors (Lipinski definition) is 3. The number of nitrogens with one attached hydrogen (secondary N) is 3. The van der Waals surface area contributed by atoms with Crippen molar-refractivity contribution in [1.82, 2.24) is 20.9 Å². The van der Waals surface area contributed by atoms with E-state index in [2.05, 4.69) is 29.8 Å². The lowest BCUT2D eigenvalue weighted by atomic mass is 9.94. The molecule has 3 N–H and O–H groups in total. The first kappa shape index (κ1) is 20.0. The number of nitrogens with zero attached hydrogens (tertiary/aromatic N) is 1. The largest absolute Gasteiger partial charge is 0.352 e. The lowest BCUT2D eigenvalue weighted by Crippen LogP contribution is -2.47. The van der Waals surface area contributed by atoms with Crippen molar-refractivity contribution in [1.29, 1.82) is 0 Å². The Balaban J connectivity index is 0.00000264. The van der Waals surface area contributed by atoms with Crippen LogP contribution in [0.3, 0.4) is 0 Å². The Hall–Kier alpha value is -1.01. The minimum Gasteiger partial charge on any atom is -0.352 e. The molecule has 2 aliphatic heterocycles. The topological polar surface area (TPSA) is 73.5 Å². The van der Waals surface area contributed by atoms with Gasteiger partial charge in [0.25, 0.3) is 0 Å². The lowest BCUT2D eigenvalue weighted by Gasteiger charge is -2.33. The fourth-order valence-electron chi connectivity index (χ4n) is 3.15. The molecular formula is C16H31ClN4O2. The Bertz CT molecular complexity index is 386. The molecule has 3 amide bonds. The van der Waals surface area contributed by atoms with Gasteiger partial charge in [0.2, 0.25) is 5.91 Å². The number of rotatable bonds is 5. The third-order valence-corrected chi connectivity index (χ3v) is 4.37. The second kappa shape index (κ2) is 9.98. The van der Waals surface area contributed by atoms with Gasteiger partial charge in [0.15, 0.2) is 0 Å². The molecule has 2 rings (SSSR count). The van der Waals surface area contributed by atoms with Gasteiger partial charge in [-0.15, -0.1) is 12.4 Å². The second-order valence-corrected chi connectivity index (χ2v) is 7.00. The van der Waals surface area contributed by atoms with Crippen molar-refractivity contribution in [3.8, 4) is 0 Å². The number of urea groups is 1. The summed E-state index contributed by atoms with van der Waals surface area (Å²) in [5, 5.41) is 9.30. The quantitative estimate of drug-likeness (QED) is 0.703. The van der Waals surface area contributed by atoms with Gasteiger partial charge in [-0.2, -0.15) is 0 Å². The first-order chi connectivity index (χ1) is 10.5. The number of piperidine rings is 1. The third-order valence-electron chi connectivity index (χ3n) is 4.37. The highest BCUT2D eigenvalue weighted by Gasteiger charge is 2.26. The number of hydrogen-bond acceptors (Lipinski definition) is 3. The molecule has 2 atom stereocenters. The molecule has 0 aromatic heterocycles. The number of halogens is 1. The molecule has 2 fully saturated rings. The Morgan fingerprint density at radius 3 is 2.74 bits per heavy atom. The predicted molar refractivity (Wildman–Crippen MR) is 93.8 cm³/mol. The van der Waals surface area contributed by atoms with Gasteiger partial charge >= 0.3 is 6.03 Å². The summed E-state index contributed by atoms with van der Waals surface area (Å²) in [7, 11) is 0. The van der Waals surface area contributed by atoms with Crippen molar-refractivity contribution < 1.29 is 9.59 Å². The van der Waals surface area contributed by atoms with Crippen LogP contribution >= 0.6 is 12.4 Å². The summed E-state index contributed by atoms with van der Waals surface area (Å²) in [6.45, 7) is 8.23. The van der Waals surface area contributed by atoms with E-state index in [1.165, 1.54) is 0 Å². The first-order valence-electron chi connectivity index (χ1n) is 8.57. The lowest BCUT2D eigenvalue weighted by molar-refractivity contribution is -0.122. The highest BCUT2D eigenvalue weighted by atomic mass is 35.5. The van der Waals surface area contributed by atoms with Crippen LogP contribution in [0.15, 0.2) is 0 Å².